The van der Waals surface area contributed by atoms with Gasteiger partial charge in [-0.3, -0.25) is 24.6 Å². The Bertz CT molecular complexity index is 1230. The Labute approximate surface area is 196 Å². The minimum atomic E-state index is -1.38. The molecule has 0 bridgehead atoms. The molecule has 0 saturated carbocycles. The lowest BCUT2D eigenvalue weighted by Crippen LogP contribution is -2.53. The maximum absolute atomic E-state index is 13.6. The van der Waals surface area contributed by atoms with Crippen molar-refractivity contribution in [2.75, 3.05) is 25.6 Å². The second-order valence-corrected chi connectivity index (χ2v) is 9.37. The molecule has 5 rings (SSSR count). The summed E-state index contributed by atoms with van der Waals surface area (Å²) in [5.41, 5.74) is 2.47. The molecule has 3 aliphatic rings. The van der Waals surface area contributed by atoms with Crippen LogP contribution in [0.15, 0.2) is 30.3 Å². The fraction of sp³-hybridized carbons (Fsp3) is 0.400. The van der Waals surface area contributed by atoms with Gasteiger partial charge in [0.25, 0.3) is 0 Å². The van der Waals surface area contributed by atoms with Gasteiger partial charge in [0.15, 0.2) is 11.5 Å². The lowest BCUT2D eigenvalue weighted by atomic mass is 9.75. The molecule has 0 aliphatic carbocycles. The third-order valence-electron chi connectivity index (χ3n) is 7.27. The lowest BCUT2D eigenvalue weighted by molar-refractivity contribution is -0.143. The Balaban J connectivity index is 1.63. The second kappa shape index (κ2) is 7.82. The number of nitrogens with one attached hydrogen (secondary N) is 2. The summed E-state index contributed by atoms with van der Waals surface area (Å²) >= 11 is 0. The highest BCUT2D eigenvalue weighted by atomic mass is 16.5. The highest BCUT2D eigenvalue weighted by Gasteiger charge is 2.70. The number of imide groups is 1. The average molecular weight is 466 g/mol. The van der Waals surface area contributed by atoms with Gasteiger partial charge < -0.3 is 20.3 Å². The monoisotopic (exact) mass is 465 g/mol. The van der Waals surface area contributed by atoms with Gasteiger partial charge in [0.1, 0.15) is 5.54 Å². The van der Waals surface area contributed by atoms with E-state index in [0.717, 1.165) is 11.1 Å². The molecule has 178 valence electrons. The predicted molar refractivity (Wildman–Crippen MR) is 122 cm³/mol. The van der Waals surface area contributed by atoms with Crippen LogP contribution >= 0.6 is 0 Å². The molecule has 0 radical (unpaired) electrons. The zero-order valence-electron chi connectivity index (χ0n) is 19.2. The van der Waals surface area contributed by atoms with Crippen LogP contribution in [0.25, 0.3) is 0 Å². The number of nitrogens with zero attached hydrogens (tertiary/aromatic N) is 1. The zero-order chi connectivity index (χ0) is 24.4. The van der Waals surface area contributed by atoms with Crippen LogP contribution in [-0.4, -0.2) is 59.1 Å². The van der Waals surface area contributed by atoms with Gasteiger partial charge in [-0.2, -0.15) is 0 Å². The summed E-state index contributed by atoms with van der Waals surface area (Å²) in [6.07, 6.45) is 0.279. The first-order valence-corrected chi connectivity index (χ1v) is 11.2. The van der Waals surface area contributed by atoms with Crippen LogP contribution in [0.1, 0.15) is 22.3 Å². The van der Waals surface area contributed by atoms with Gasteiger partial charge in [-0.25, -0.2) is 0 Å². The number of carbonyl (C=O) groups excluding carboxylic acids is 3. The van der Waals surface area contributed by atoms with E-state index >= 15 is 0 Å². The molecular weight excluding hydrogens is 438 g/mol. The van der Waals surface area contributed by atoms with Gasteiger partial charge in [0.05, 0.1) is 25.0 Å². The Kier molecular flexibility index (Phi) is 5.14. The van der Waals surface area contributed by atoms with E-state index in [1.165, 1.54) is 24.1 Å². The number of benzene rings is 2. The maximum Gasteiger partial charge on any atom is 0.250 e. The van der Waals surface area contributed by atoms with Crippen molar-refractivity contribution in [3.63, 3.8) is 0 Å². The van der Waals surface area contributed by atoms with Crippen molar-refractivity contribution in [3.05, 3.63) is 52.6 Å². The predicted octanol–water partition coefficient (Wildman–Crippen LogP) is 1.32. The van der Waals surface area contributed by atoms with Crippen molar-refractivity contribution in [2.45, 2.75) is 31.8 Å². The number of methoxy groups -OCH3 is 1. The van der Waals surface area contributed by atoms with Crippen LogP contribution in [0.4, 0.5) is 5.69 Å². The van der Waals surface area contributed by atoms with Gasteiger partial charge in [-0.05, 0) is 43.5 Å². The Morgan fingerprint density at radius 1 is 1.06 bits per heavy atom. The van der Waals surface area contributed by atoms with Gasteiger partial charge in [0.2, 0.25) is 17.7 Å². The van der Waals surface area contributed by atoms with E-state index in [1.807, 2.05) is 26.0 Å². The molecule has 9 heteroatoms. The Morgan fingerprint density at radius 2 is 1.82 bits per heavy atom. The summed E-state index contributed by atoms with van der Waals surface area (Å²) in [6.45, 7) is 4.15. The number of rotatable bonds is 5. The topological polar surface area (TPSA) is 128 Å². The van der Waals surface area contributed by atoms with Crippen LogP contribution in [0, 0.1) is 25.7 Å². The van der Waals surface area contributed by atoms with Crippen molar-refractivity contribution in [1.29, 1.82) is 0 Å². The van der Waals surface area contributed by atoms with E-state index in [1.54, 1.807) is 6.07 Å². The minimum absolute atomic E-state index is 0.116. The van der Waals surface area contributed by atoms with E-state index in [9.17, 15) is 24.6 Å². The molecule has 9 nitrogen and oxygen atoms in total. The van der Waals surface area contributed by atoms with E-state index in [-0.39, 0.29) is 42.9 Å². The van der Waals surface area contributed by atoms with E-state index in [2.05, 4.69) is 10.6 Å². The number of phenols is 2. The third kappa shape index (κ3) is 3.04. The molecule has 2 fully saturated rings. The second-order valence-electron chi connectivity index (χ2n) is 9.37. The number of hydrogen-bond donors (Lipinski definition) is 4. The summed E-state index contributed by atoms with van der Waals surface area (Å²) < 4.78 is 5.10. The summed E-state index contributed by atoms with van der Waals surface area (Å²) in [6, 6.07) is 7.78. The van der Waals surface area contributed by atoms with E-state index < -0.39 is 29.3 Å². The molecule has 4 unspecified atom stereocenters. The largest absolute Gasteiger partial charge is 0.504 e. The van der Waals surface area contributed by atoms with Crippen LogP contribution < -0.4 is 10.6 Å². The first kappa shape index (κ1) is 22.4. The number of aryl methyl sites for hydroxylation is 2. The number of aromatic hydroxyl groups is 2. The van der Waals surface area contributed by atoms with Gasteiger partial charge in [-0.15, -0.1) is 0 Å². The van der Waals surface area contributed by atoms with Crippen LogP contribution in [0.2, 0.25) is 0 Å². The van der Waals surface area contributed by atoms with Crippen molar-refractivity contribution < 1.29 is 29.3 Å². The number of amides is 3. The fourth-order valence-electron chi connectivity index (χ4n) is 5.85. The number of ether oxygens (including phenoxy) is 1. The SMILES string of the molecule is COCCN1C(=O)C2C(Cc3ccc(O)c(O)c3)NC3(C(=O)Nc4c(C)cc(C)cc43)C2C1=O. The quantitative estimate of drug-likeness (QED) is 0.387. The number of anilines is 1. The normalized spacial score (nSPS) is 27.4. The average Bonchev–Trinajstić information content (AvgIpc) is 3.35. The van der Waals surface area contributed by atoms with Crippen LogP contribution in [-0.2, 0) is 31.1 Å². The first-order chi connectivity index (χ1) is 16.2. The molecule has 4 atom stereocenters. The molecule has 3 amide bonds. The number of fused-ring (bicyclic) bond motifs is 4. The standard InChI is InChI=1S/C25H27N3O6/c1-12-8-13(2)21-15(9-12)25(24(33)26-21)20-19(22(31)28(23(20)32)6-7-34-3)16(27-25)10-14-4-5-17(29)18(30)11-14/h4-5,8-9,11,16,19-20,27,29-30H,6-7,10H2,1-3H3,(H,26,33). The van der Waals surface area contributed by atoms with Crippen molar-refractivity contribution >= 4 is 23.4 Å². The number of hydrogen-bond acceptors (Lipinski definition) is 7. The molecule has 3 aliphatic heterocycles. The zero-order valence-corrected chi connectivity index (χ0v) is 19.2. The van der Waals surface area contributed by atoms with Crippen molar-refractivity contribution in [3.8, 4) is 11.5 Å². The molecule has 0 aromatic heterocycles. The molecule has 2 saturated heterocycles. The molecular formula is C25H27N3O6. The number of likely N-dealkylation sites (tertiary alicyclic amines) is 1. The fourth-order valence-corrected chi connectivity index (χ4v) is 5.85. The molecule has 2 aromatic carbocycles. The minimum Gasteiger partial charge on any atom is -0.504 e. The summed E-state index contributed by atoms with van der Waals surface area (Å²) in [4.78, 5) is 41.9. The van der Waals surface area contributed by atoms with Crippen LogP contribution in [0.5, 0.6) is 11.5 Å². The molecule has 34 heavy (non-hydrogen) atoms. The van der Waals surface area contributed by atoms with E-state index in [0.29, 0.717) is 16.8 Å². The van der Waals surface area contributed by atoms with Crippen molar-refractivity contribution in [1.82, 2.24) is 10.2 Å². The van der Waals surface area contributed by atoms with Crippen molar-refractivity contribution in [2.24, 2.45) is 11.8 Å². The first-order valence-electron chi connectivity index (χ1n) is 11.2. The molecule has 2 aromatic rings. The number of carbonyl (C=O) groups is 3. The molecule has 4 N–H and O–H groups in total. The van der Waals surface area contributed by atoms with Gasteiger partial charge in [-0.1, -0.05) is 23.8 Å². The number of phenolic OH excluding ortho intramolecular Hbond substituents is 2. The van der Waals surface area contributed by atoms with Gasteiger partial charge >= 0.3 is 0 Å². The Morgan fingerprint density at radius 3 is 2.53 bits per heavy atom. The summed E-state index contributed by atoms with van der Waals surface area (Å²) in [5.74, 6) is -3.27. The molecule has 3 heterocycles. The summed E-state index contributed by atoms with van der Waals surface area (Å²) in [7, 11) is 1.50. The highest BCUT2D eigenvalue weighted by Crippen LogP contribution is 2.54. The Hall–Kier alpha value is -3.43. The molecule has 1 spiro atoms. The van der Waals surface area contributed by atoms with Gasteiger partial charge in [0, 0.05) is 24.4 Å². The lowest BCUT2D eigenvalue weighted by Gasteiger charge is -2.30. The smallest absolute Gasteiger partial charge is 0.250 e. The van der Waals surface area contributed by atoms with Crippen LogP contribution in [0.3, 0.4) is 0 Å². The van der Waals surface area contributed by atoms with E-state index in [4.69, 9.17) is 4.74 Å². The maximum atomic E-state index is 13.6. The third-order valence-corrected chi connectivity index (χ3v) is 7.27. The summed E-state index contributed by atoms with van der Waals surface area (Å²) in [5, 5.41) is 26.0. The highest BCUT2D eigenvalue weighted by molar-refractivity contribution is 6.15.